The highest BCUT2D eigenvalue weighted by Crippen LogP contribution is 2.27. The fourth-order valence-electron chi connectivity index (χ4n) is 3.46. The molecular formula is C22H27NO. The normalized spacial score (nSPS) is 20.4. The van der Waals surface area contributed by atoms with E-state index in [0.717, 1.165) is 43.4 Å². The fraction of sp³-hybridized carbons (Fsp3) is 0.545. The van der Waals surface area contributed by atoms with Gasteiger partial charge in [-0.25, -0.2) is 0 Å². The zero-order valence-corrected chi connectivity index (χ0v) is 14.5. The SMILES string of the molecule is OC1(C#Cc2ccc(C#CCN3CCCCC3)cc2)CCCCC1. The summed E-state index contributed by atoms with van der Waals surface area (Å²) in [5.74, 6) is 12.7. The van der Waals surface area contributed by atoms with Crippen molar-refractivity contribution in [3.8, 4) is 23.7 Å². The monoisotopic (exact) mass is 321 g/mol. The molecule has 1 aliphatic heterocycles. The first-order valence-electron chi connectivity index (χ1n) is 9.30. The first kappa shape index (κ1) is 17.1. The Bertz CT molecular complexity index is 641. The Balaban J connectivity index is 1.56. The lowest BCUT2D eigenvalue weighted by atomic mass is 9.85. The van der Waals surface area contributed by atoms with Crippen LogP contribution in [0.5, 0.6) is 0 Å². The van der Waals surface area contributed by atoms with Gasteiger partial charge in [-0.05, 0) is 75.9 Å². The van der Waals surface area contributed by atoms with Crippen LogP contribution >= 0.6 is 0 Å². The molecule has 1 saturated heterocycles. The molecule has 2 heteroatoms. The van der Waals surface area contributed by atoms with Gasteiger partial charge in [-0.15, -0.1) is 0 Å². The fourth-order valence-corrected chi connectivity index (χ4v) is 3.46. The molecule has 2 fully saturated rings. The predicted octanol–water partition coefficient (Wildman–Crippen LogP) is 3.57. The van der Waals surface area contributed by atoms with Gasteiger partial charge in [0.1, 0.15) is 5.60 Å². The van der Waals surface area contributed by atoms with Gasteiger partial charge in [-0.1, -0.05) is 36.5 Å². The van der Waals surface area contributed by atoms with Crippen LogP contribution in [0.15, 0.2) is 24.3 Å². The van der Waals surface area contributed by atoms with E-state index in [1.165, 1.54) is 38.8 Å². The van der Waals surface area contributed by atoms with Crippen molar-refractivity contribution in [2.24, 2.45) is 0 Å². The van der Waals surface area contributed by atoms with Gasteiger partial charge in [0.2, 0.25) is 0 Å². The molecule has 1 heterocycles. The van der Waals surface area contributed by atoms with Gasteiger partial charge in [-0.2, -0.15) is 0 Å². The lowest BCUT2D eigenvalue weighted by Crippen LogP contribution is -2.29. The van der Waals surface area contributed by atoms with Crippen molar-refractivity contribution in [1.29, 1.82) is 0 Å². The largest absolute Gasteiger partial charge is 0.378 e. The molecule has 2 aliphatic rings. The van der Waals surface area contributed by atoms with Crippen molar-refractivity contribution in [2.75, 3.05) is 19.6 Å². The van der Waals surface area contributed by atoms with Crippen molar-refractivity contribution >= 4 is 0 Å². The van der Waals surface area contributed by atoms with E-state index >= 15 is 0 Å². The third kappa shape index (κ3) is 5.13. The number of aliphatic hydroxyl groups is 1. The standard InChI is InChI=1S/C22H27NO/c24-22(14-3-1-4-15-22)16-13-21-11-9-20(10-12-21)8-7-19-23-17-5-2-6-18-23/h9-12,24H,1-6,14-15,17-19H2. The minimum absolute atomic E-state index is 0.773. The number of hydrogen-bond donors (Lipinski definition) is 1. The molecule has 0 atom stereocenters. The molecule has 1 saturated carbocycles. The third-order valence-electron chi connectivity index (χ3n) is 4.99. The first-order valence-corrected chi connectivity index (χ1v) is 9.30. The van der Waals surface area contributed by atoms with E-state index in [-0.39, 0.29) is 0 Å². The van der Waals surface area contributed by atoms with Crippen molar-refractivity contribution in [3.63, 3.8) is 0 Å². The number of hydrogen-bond acceptors (Lipinski definition) is 2. The van der Waals surface area contributed by atoms with Crippen LogP contribution in [0.1, 0.15) is 62.5 Å². The van der Waals surface area contributed by atoms with Crippen LogP contribution in [-0.4, -0.2) is 35.2 Å². The minimum atomic E-state index is -0.773. The highest BCUT2D eigenvalue weighted by molar-refractivity contribution is 5.42. The molecule has 0 amide bonds. The summed E-state index contributed by atoms with van der Waals surface area (Å²) in [6.45, 7) is 3.24. The van der Waals surface area contributed by atoms with Gasteiger partial charge in [0.15, 0.2) is 0 Å². The molecular weight excluding hydrogens is 294 g/mol. The van der Waals surface area contributed by atoms with E-state index in [2.05, 4.69) is 28.6 Å². The number of nitrogens with zero attached hydrogens (tertiary/aromatic N) is 1. The summed E-state index contributed by atoms with van der Waals surface area (Å²) in [4.78, 5) is 2.43. The lowest BCUT2D eigenvalue weighted by molar-refractivity contribution is 0.0610. The summed E-state index contributed by atoms with van der Waals surface area (Å²) in [7, 11) is 0. The van der Waals surface area contributed by atoms with Crippen molar-refractivity contribution in [1.82, 2.24) is 4.90 Å². The second-order valence-electron chi connectivity index (χ2n) is 7.06. The van der Waals surface area contributed by atoms with Gasteiger partial charge in [0, 0.05) is 11.1 Å². The highest BCUT2D eigenvalue weighted by atomic mass is 16.3. The van der Waals surface area contributed by atoms with E-state index in [4.69, 9.17) is 0 Å². The molecule has 0 radical (unpaired) electrons. The summed E-state index contributed by atoms with van der Waals surface area (Å²) >= 11 is 0. The molecule has 1 aliphatic carbocycles. The second-order valence-corrected chi connectivity index (χ2v) is 7.06. The maximum Gasteiger partial charge on any atom is 0.125 e. The highest BCUT2D eigenvalue weighted by Gasteiger charge is 2.26. The zero-order chi connectivity index (χ0) is 16.7. The summed E-state index contributed by atoms with van der Waals surface area (Å²) in [6, 6.07) is 8.06. The molecule has 0 unspecified atom stereocenters. The van der Waals surface area contributed by atoms with Crippen LogP contribution in [0, 0.1) is 23.7 Å². The molecule has 0 aromatic heterocycles. The quantitative estimate of drug-likeness (QED) is 0.799. The van der Waals surface area contributed by atoms with Crippen LogP contribution in [0.2, 0.25) is 0 Å². The average Bonchev–Trinajstić information content (AvgIpc) is 2.63. The van der Waals surface area contributed by atoms with E-state index in [1.54, 1.807) is 0 Å². The van der Waals surface area contributed by atoms with Crippen molar-refractivity contribution in [3.05, 3.63) is 35.4 Å². The summed E-state index contributed by atoms with van der Waals surface area (Å²) < 4.78 is 0. The summed E-state index contributed by atoms with van der Waals surface area (Å²) in [5, 5.41) is 10.4. The third-order valence-corrected chi connectivity index (χ3v) is 4.99. The molecule has 0 spiro atoms. The Labute approximate surface area is 146 Å². The lowest BCUT2D eigenvalue weighted by Gasteiger charge is -2.26. The summed E-state index contributed by atoms with van der Waals surface area (Å²) in [5.41, 5.74) is 1.22. The Hall–Kier alpha value is -1.74. The molecule has 126 valence electrons. The molecule has 1 aromatic rings. The molecule has 24 heavy (non-hydrogen) atoms. The number of likely N-dealkylation sites (tertiary alicyclic amines) is 1. The molecule has 2 nitrogen and oxygen atoms in total. The molecule has 1 N–H and O–H groups in total. The molecule has 1 aromatic carbocycles. The van der Waals surface area contributed by atoms with Crippen LogP contribution in [0.4, 0.5) is 0 Å². The van der Waals surface area contributed by atoms with Gasteiger partial charge in [0.05, 0.1) is 6.54 Å². The first-order chi connectivity index (χ1) is 11.7. The van der Waals surface area contributed by atoms with E-state index in [1.807, 2.05) is 24.3 Å². The summed E-state index contributed by atoms with van der Waals surface area (Å²) in [6.07, 6.45) is 8.96. The van der Waals surface area contributed by atoms with Gasteiger partial charge in [0.25, 0.3) is 0 Å². The number of benzene rings is 1. The van der Waals surface area contributed by atoms with Gasteiger partial charge >= 0.3 is 0 Å². The van der Waals surface area contributed by atoms with Crippen molar-refractivity contribution in [2.45, 2.75) is 57.0 Å². The average molecular weight is 321 g/mol. The number of rotatable bonds is 1. The van der Waals surface area contributed by atoms with E-state index < -0.39 is 5.60 Å². The Morgan fingerprint density at radius 3 is 2.08 bits per heavy atom. The Morgan fingerprint density at radius 2 is 1.42 bits per heavy atom. The molecule has 0 bridgehead atoms. The maximum absolute atomic E-state index is 10.4. The van der Waals surface area contributed by atoms with Crippen LogP contribution in [0.25, 0.3) is 0 Å². The predicted molar refractivity (Wildman–Crippen MR) is 98.5 cm³/mol. The van der Waals surface area contributed by atoms with Gasteiger partial charge in [-0.3, -0.25) is 4.90 Å². The number of piperidine rings is 1. The Morgan fingerprint density at radius 1 is 0.833 bits per heavy atom. The smallest absolute Gasteiger partial charge is 0.125 e. The maximum atomic E-state index is 10.4. The second kappa shape index (κ2) is 8.39. The zero-order valence-electron chi connectivity index (χ0n) is 14.5. The minimum Gasteiger partial charge on any atom is -0.378 e. The van der Waals surface area contributed by atoms with E-state index in [9.17, 15) is 5.11 Å². The molecule has 3 rings (SSSR count). The Kier molecular flexibility index (Phi) is 5.97. The van der Waals surface area contributed by atoms with Crippen LogP contribution in [-0.2, 0) is 0 Å². The van der Waals surface area contributed by atoms with E-state index in [0.29, 0.717) is 0 Å². The van der Waals surface area contributed by atoms with Crippen molar-refractivity contribution < 1.29 is 5.11 Å². The van der Waals surface area contributed by atoms with Gasteiger partial charge < -0.3 is 5.11 Å². The van der Waals surface area contributed by atoms with Crippen LogP contribution < -0.4 is 0 Å². The van der Waals surface area contributed by atoms with Crippen LogP contribution in [0.3, 0.4) is 0 Å². The topological polar surface area (TPSA) is 23.5 Å².